The summed E-state index contributed by atoms with van der Waals surface area (Å²) in [5.41, 5.74) is 0. The van der Waals surface area contributed by atoms with Crippen LogP contribution in [-0.2, 0) is 14.3 Å². The van der Waals surface area contributed by atoms with Crippen molar-refractivity contribution >= 4 is 5.91 Å². The largest absolute Gasteiger partial charge is 0.394 e. The van der Waals surface area contributed by atoms with Crippen LogP contribution in [0.15, 0.2) is 36.5 Å². The van der Waals surface area contributed by atoms with Gasteiger partial charge in [0, 0.05) is 6.42 Å². The molecule has 0 radical (unpaired) electrons. The minimum absolute atomic E-state index is 0.143. The molecule has 1 amide bonds. The average molecular weight is 710 g/mol. The molecule has 292 valence electrons. The SMILES string of the molecule is CC/C=C\C/C=C\C/C=C\CCCCCCCCCC(=O)NC(COC1OC(CO)C(O)C(O)C1O)C(O)CCCCCCCCCCCC. The maximum atomic E-state index is 12.9. The Hall–Kier alpha value is -1.59. The van der Waals surface area contributed by atoms with Crippen LogP contribution >= 0.6 is 0 Å². The van der Waals surface area contributed by atoms with Gasteiger partial charge in [0.15, 0.2) is 6.29 Å². The standard InChI is InChI=1S/C41H75NO8/c1-3-5-7-9-11-13-15-16-17-18-19-20-21-23-25-27-29-31-37(45)42-34(33-49-41-40(48)39(47)38(46)36(32-43)50-41)35(44)30-28-26-24-22-14-12-10-8-6-4-2/h5,7,11,13,16-17,34-36,38-41,43-44,46-48H,3-4,6,8-10,12,14-15,18-33H2,1-2H3,(H,42,45)/b7-5-,13-11-,17-16-. The van der Waals surface area contributed by atoms with E-state index in [1.165, 1.54) is 64.2 Å². The molecule has 7 atom stereocenters. The molecule has 0 spiro atoms. The summed E-state index contributed by atoms with van der Waals surface area (Å²) in [6.45, 7) is 3.67. The first-order valence-electron chi connectivity index (χ1n) is 20.2. The third-order valence-electron chi connectivity index (χ3n) is 9.51. The third kappa shape index (κ3) is 23.1. The Labute approximate surface area is 304 Å². The summed E-state index contributed by atoms with van der Waals surface area (Å²) in [7, 11) is 0. The number of unbranched alkanes of at least 4 members (excludes halogenated alkanes) is 16. The van der Waals surface area contributed by atoms with E-state index < -0.39 is 49.5 Å². The highest BCUT2D eigenvalue weighted by molar-refractivity contribution is 5.76. The van der Waals surface area contributed by atoms with Gasteiger partial charge in [-0.2, -0.15) is 0 Å². The summed E-state index contributed by atoms with van der Waals surface area (Å²) in [6, 6.07) is -0.721. The van der Waals surface area contributed by atoms with E-state index in [1.807, 2.05) is 0 Å². The van der Waals surface area contributed by atoms with Crippen LogP contribution in [0.1, 0.15) is 162 Å². The minimum atomic E-state index is -1.55. The molecule has 1 aliphatic rings. The Morgan fingerprint density at radius 3 is 1.84 bits per heavy atom. The Bertz CT molecular complexity index is 879. The zero-order chi connectivity index (χ0) is 36.7. The van der Waals surface area contributed by atoms with Crippen molar-refractivity contribution in [3.63, 3.8) is 0 Å². The summed E-state index contributed by atoms with van der Waals surface area (Å²) in [5.74, 6) is -0.159. The van der Waals surface area contributed by atoms with Gasteiger partial charge in [0.25, 0.3) is 0 Å². The lowest BCUT2D eigenvalue weighted by molar-refractivity contribution is -0.302. The highest BCUT2D eigenvalue weighted by Gasteiger charge is 2.44. The second-order valence-electron chi connectivity index (χ2n) is 14.1. The first-order valence-corrected chi connectivity index (χ1v) is 20.2. The molecule has 0 bridgehead atoms. The number of allylic oxidation sites excluding steroid dienone is 6. The number of ether oxygens (including phenoxy) is 2. The predicted molar refractivity (Wildman–Crippen MR) is 203 cm³/mol. The molecule has 0 saturated carbocycles. The van der Waals surface area contributed by atoms with Crippen molar-refractivity contribution < 1.29 is 39.8 Å². The lowest BCUT2D eigenvalue weighted by Crippen LogP contribution is -2.60. The molecule has 0 aromatic rings. The van der Waals surface area contributed by atoms with Crippen molar-refractivity contribution in [1.82, 2.24) is 5.32 Å². The van der Waals surface area contributed by atoms with Crippen molar-refractivity contribution in [3.05, 3.63) is 36.5 Å². The van der Waals surface area contributed by atoms with E-state index in [9.17, 15) is 30.3 Å². The molecule has 9 nitrogen and oxygen atoms in total. The van der Waals surface area contributed by atoms with E-state index in [2.05, 4.69) is 55.6 Å². The lowest BCUT2D eigenvalue weighted by atomic mass is 9.99. The molecule has 0 aromatic carbocycles. The fourth-order valence-electron chi connectivity index (χ4n) is 6.23. The fraction of sp³-hybridized carbons (Fsp3) is 0.829. The highest BCUT2D eigenvalue weighted by atomic mass is 16.7. The summed E-state index contributed by atoms with van der Waals surface area (Å²) >= 11 is 0. The van der Waals surface area contributed by atoms with E-state index in [0.717, 1.165) is 70.6 Å². The van der Waals surface area contributed by atoms with Gasteiger partial charge in [-0.3, -0.25) is 4.79 Å². The van der Waals surface area contributed by atoms with Crippen molar-refractivity contribution in [3.8, 4) is 0 Å². The molecular weight excluding hydrogens is 634 g/mol. The number of rotatable bonds is 32. The zero-order valence-electron chi connectivity index (χ0n) is 31.6. The zero-order valence-corrected chi connectivity index (χ0v) is 31.6. The number of aliphatic hydroxyl groups is 5. The van der Waals surface area contributed by atoms with Crippen LogP contribution in [0.4, 0.5) is 0 Å². The van der Waals surface area contributed by atoms with Crippen molar-refractivity contribution in [2.24, 2.45) is 0 Å². The van der Waals surface area contributed by atoms with Crippen LogP contribution in [0.2, 0.25) is 0 Å². The maximum Gasteiger partial charge on any atom is 0.220 e. The van der Waals surface area contributed by atoms with Crippen molar-refractivity contribution in [2.75, 3.05) is 13.2 Å². The molecule has 1 heterocycles. The van der Waals surface area contributed by atoms with Crippen LogP contribution in [0.5, 0.6) is 0 Å². The number of nitrogens with one attached hydrogen (secondary N) is 1. The first kappa shape index (κ1) is 46.4. The molecule has 6 N–H and O–H groups in total. The van der Waals surface area contributed by atoms with Gasteiger partial charge < -0.3 is 40.3 Å². The number of carbonyl (C=O) groups excluding carboxylic acids is 1. The van der Waals surface area contributed by atoms with E-state index in [0.29, 0.717) is 12.8 Å². The van der Waals surface area contributed by atoms with Crippen molar-refractivity contribution in [1.29, 1.82) is 0 Å². The monoisotopic (exact) mass is 710 g/mol. The maximum absolute atomic E-state index is 12.9. The van der Waals surface area contributed by atoms with E-state index in [1.54, 1.807) is 0 Å². The third-order valence-corrected chi connectivity index (χ3v) is 9.51. The van der Waals surface area contributed by atoms with Gasteiger partial charge in [0.1, 0.15) is 24.4 Å². The van der Waals surface area contributed by atoms with Gasteiger partial charge >= 0.3 is 0 Å². The molecule has 0 aromatic heterocycles. The van der Waals surface area contributed by atoms with Crippen LogP contribution in [0.25, 0.3) is 0 Å². The number of amides is 1. The van der Waals surface area contributed by atoms with E-state index >= 15 is 0 Å². The smallest absolute Gasteiger partial charge is 0.220 e. The lowest BCUT2D eigenvalue weighted by Gasteiger charge is -2.40. The van der Waals surface area contributed by atoms with Gasteiger partial charge in [-0.05, 0) is 44.9 Å². The molecule has 1 aliphatic heterocycles. The molecule has 0 aliphatic carbocycles. The second-order valence-corrected chi connectivity index (χ2v) is 14.1. The van der Waals surface area contributed by atoms with Gasteiger partial charge in [-0.15, -0.1) is 0 Å². The predicted octanol–water partition coefficient (Wildman–Crippen LogP) is 7.33. The molecule has 1 fully saturated rings. The van der Waals surface area contributed by atoms with E-state index in [-0.39, 0.29) is 12.5 Å². The summed E-state index contributed by atoms with van der Waals surface area (Å²) in [5, 5.41) is 54.1. The van der Waals surface area contributed by atoms with Gasteiger partial charge in [-0.25, -0.2) is 0 Å². The summed E-state index contributed by atoms with van der Waals surface area (Å²) < 4.78 is 11.2. The second kappa shape index (κ2) is 32.1. The highest BCUT2D eigenvalue weighted by Crippen LogP contribution is 2.23. The first-order chi connectivity index (χ1) is 24.3. The van der Waals surface area contributed by atoms with Crippen LogP contribution < -0.4 is 5.32 Å². The Morgan fingerprint density at radius 1 is 0.700 bits per heavy atom. The van der Waals surface area contributed by atoms with Gasteiger partial charge in [0.05, 0.1) is 25.4 Å². The molecule has 9 heteroatoms. The van der Waals surface area contributed by atoms with Crippen LogP contribution in [0, 0.1) is 0 Å². The quantitative estimate of drug-likeness (QED) is 0.0314. The number of hydrogen-bond acceptors (Lipinski definition) is 8. The molecule has 50 heavy (non-hydrogen) atoms. The van der Waals surface area contributed by atoms with Crippen molar-refractivity contribution in [2.45, 2.75) is 204 Å². The molecule has 1 rings (SSSR count). The summed E-state index contributed by atoms with van der Waals surface area (Å²) in [6.07, 6.45) is 30.1. The van der Waals surface area contributed by atoms with Crippen LogP contribution in [0.3, 0.4) is 0 Å². The summed E-state index contributed by atoms with van der Waals surface area (Å²) in [4.78, 5) is 12.9. The van der Waals surface area contributed by atoms with Gasteiger partial charge in [-0.1, -0.05) is 147 Å². The molecule has 7 unspecified atom stereocenters. The fourth-order valence-corrected chi connectivity index (χ4v) is 6.23. The Morgan fingerprint density at radius 2 is 1.24 bits per heavy atom. The average Bonchev–Trinajstić information content (AvgIpc) is 3.11. The number of carbonyl (C=O) groups is 1. The number of aliphatic hydroxyl groups excluding tert-OH is 5. The minimum Gasteiger partial charge on any atom is -0.394 e. The van der Waals surface area contributed by atoms with E-state index in [4.69, 9.17) is 9.47 Å². The number of hydrogen-bond donors (Lipinski definition) is 6. The van der Waals surface area contributed by atoms with Crippen LogP contribution in [-0.4, -0.2) is 87.5 Å². The van der Waals surface area contributed by atoms with Gasteiger partial charge in [0.2, 0.25) is 5.91 Å². The Kier molecular flexibility index (Phi) is 29.8. The molecule has 1 saturated heterocycles. The molecular formula is C41H75NO8. The Balaban J connectivity index is 2.38. The normalized spacial score (nSPS) is 22.6. The topological polar surface area (TPSA) is 149 Å².